The van der Waals surface area contributed by atoms with Crippen LogP contribution in [0.2, 0.25) is 0 Å². The molecule has 22 heavy (non-hydrogen) atoms. The number of rotatable bonds is 4. The largest absolute Gasteiger partial charge is 0.497 e. The zero-order chi connectivity index (χ0) is 15.5. The second-order valence-electron chi connectivity index (χ2n) is 4.93. The van der Waals surface area contributed by atoms with Crippen LogP contribution in [-0.2, 0) is 0 Å². The van der Waals surface area contributed by atoms with Crippen molar-refractivity contribution in [3.8, 4) is 28.4 Å². The number of hydrogen-bond donors (Lipinski definition) is 0. The highest BCUT2D eigenvalue weighted by Gasteiger charge is 2.14. The van der Waals surface area contributed by atoms with Crippen LogP contribution in [0.5, 0.6) is 17.2 Å². The van der Waals surface area contributed by atoms with Crippen molar-refractivity contribution in [2.75, 3.05) is 21.3 Å². The van der Waals surface area contributed by atoms with E-state index in [0.717, 1.165) is 39.1 Å². The zero-order valence-electron chi connectivity index (χ0n) is 12.9. The quantitative estimate of drug-likeness (QED) is 0.707. The molecule has 3 rings (SSSR count). The molecule has 0 aliphatic rings. The maximum atomic E-state index is 5.53. The van der Waals surface area contributed by atoms with Crippen molar-refractivity contribution in [1.82, 2.24) is 0 Å². The summed E-state index contributed by atoms with van der Waals surface area (Å²) in [6.45, 7) is 0. The number of methoxy groups -OCH3 is 3. The standard InChI is InChI=1S/C19H18O3/c1-20-14-10-8-13(9-11-14)17-12-18(21-2)19(22-3)16-7-5-4-6-15(16)17/h4-12H,1-3H3. The molecule has 0 radical (unpaired) electrons. The highest BCUT2D eigenvalue weighted by molar-refractivity contribution is 6.02. The van der Waals surface area contributed by atoms with E-state index in [1.807, 2.05) is 48.5 Å². The Hall–Kier alpha value is -2.68. The highest BCUT2D eigenvalue weighted by Crippen LogP contribution is 2.41. The van der Waals surface area contributed by atoms with Crippen LogP contribution >= 0.6 is 0 Å². The summed E-state index contributed by atoms with van der Waals surface area (Å²) in [7, 11) is 4.99. The summed E-state index contributed by atoms with van der Waals surface area (Å²) in [6.07, 6.45) is 0. The topological polar surface area (TPSA) is 27.7 Å². The van der Waals surface area contributed by atoms with Gasteiger partial charge in [0.2, 0.25) is 0 Å². The van der Waals surface area contributed by atoms with Crippen LogP contribution in [0.3, 0.4) is 0 Å². The molecule has 0 unspecified atom stereocenters. The first-order valence-corrected chi connectivity index (χ1v) is 7.06. The SMILES string of the molecule is COc1ccc(-c2cc(OC)c(OC)c3ccccc23)cc1. The van der Waals surface area contributed by atoms with Crippen molar-refractivity contribution in [1.29, 1.82) is 0 Å². The Morgan fingerprint density at radius 3 is 1.95 bits per heavy atom. The molecule has 3 heteroatoms. The van der Waals surface area contributed by atoms with Crippen LogP contribution in [0, 0.1) is 0 Å². The number of benzene rings is 3. The molecule has 0 N–H and O–H groups in total. The molecule has 0 bridgehead atoms. The maximum Gasteiger partial charge on any atom is 0.168 e. The summed E-state index contributed by atoms with van der Waals surface area (Å²) in [5.41, 5.74) is 2.22. The van der Waals surface area contributed by atoms with E-state index in [9.17, 15) is 0 Å². The molecular weight excluding hydrogens is 276 g/mol. The van der Waals surface area contributed by atoms with Gasteiger partial charge < -0.3 is 14.2 Å². The van der Waals surface area contributed by atoms with Gasteiger partial charge in [-0.25, -0.2) is 0 Å². The van der Waals surface area contributed by atoms with E-state index in [1.165, 1.54) is 0 Å². The van der Waals surface area contributed by atoms with Gasteiger partial charge in [-0.2, -0.15) is 0 Å². The van der Waals surface area contributed by atoms with Gasteiger partial charge in [0.1, 0.15) is 5.75 Å². The van der Waals surface area contributed by atoms with Gasteiger partial charge in [0.05, 0.1) is 21.3 Å². The summed E-state index contributed by atoms with van der Waals surface area (Å²) in [6, 6.07) is 18.2. The fourth-order valence-electron chi connectivity index (χ4n) is 2.69. The Kier molecular flexibility index (Phi) is 3.88. The predicted octanol–water partition coefficient (Wildman–Crippen LogP) is 4.53. The third kappa shape index (κ3) is 2.35. The second-order valence-corrected chi connectivity index (χ2v) is 4.93. The lowest BCUT2D eigenvalue weighted by molar-refractivity contribution is 0.358. The van der Waals surface area contributed by atoms with Gasteiger partial charge in [0.25, 0.3) is 0 Å². The van der Waals surface area contributed by atoms with Crippen molar-refractivity contribution in [3.63, 3.8) is 0 Å². The van der Waals surface area contributed by atoms with Crippen molar-refractivity contribution in [3.05, 3.63) is 54.6 Å². The molecule has 0 atom stereocenters. The minimum atomic E-state index is 0.729. The molecule has 0 saturated heterocycles. The van der Waals surface area contributed by atoms with Crippen LogP contribution in [0.15, 0.2) is 54.6 Å². The van der Waals surface area contributed by atoms with E-state index < -0.39 is 0 Å². The molecule has 3 nitrogen and oxygen atoms in total. The molecule has 0 aliphatic carbocycles. The Labute approximate surface area is 130 Å². The lowest BCUT2D eigenvalue weighted by Crippen LogP contribution is -1.93. The van der Waals surface area contributed by atoms with Crippen molar-refractivity contribution >= 4 is 10.8 Å². The van der Waals surface area contributed by atoms with Gasteiger partial charge in [-0.3, -0.25) is 0 Å². The second kappa shape index (κ2) is 5.98. The van der Waals surface area contributed by atoms with Crippen LogP contribution in [0.4, 0.5) is 0 Å². The van der Waals surface area contributed by atoms with Gasteiger partial charge in [0, 0.05) is 5.39 Å². The molecule has 0 saturated carbocycles. The average Bonchev–Trinajstić information content (AvgIpc) is 2.60. The molecular formula is C19H18O3. The Morgan fingerprint density at radius 1 is 0.682 bits per heavy atom. The van der Waals surface area contributed by atoms with Crippen LogP contribution in [0.1, 0.15) is 0 Å². The molecule has 112 valence electrons. The van der Waals surface area contributed by atoms with Crippen LogP contribution in [-0.4, -0.2) is 21.3 Å². The van der Waals surface area contributed by atoms with Gasteiger partial charge >= 0.3 is 0 Å². The monoisotopic (exact) mass is 294 g/mol. The number of ether oxygens (including phenoxy) is 3. The zero-order valence-corrected chi connectivity index (χ0v) is 12.9. The Morgan fingerprint density at radius 2 is 1.36 bits per heavy atom. The van der Waals surface area contributed by atoms with Crippen LogP contribution < -0.4 is 14.2 Å². The van der Waals surface area contributed by atoms with Gasteiger partial charge in [-0.1, -0.05) is 36.4 Å². The third-order valence-corrected chi connectivity index (χ3v) is 3.79. The molecule has 3 aromatic rings. The first kappa shape index (κ1) is 14.3. The lowest BCUT2D eigenvalue weighted by atomic mass is 9.97. The summed E-state index contributed by atoms with van der Waals surface area (Å²) in [4.78, 5) is 0. The smallest absolute Gasteiger partial charge is 0.168 e. The molecule has 3 aromatic carbocycles. The van der Waals surface area contributed by atoms with E-state index in [1.54, 1.807) is 21.3 Å². The summed E-state index contributed by atoms with van der Waals surface area (Å²) >= 11 is 0. The van der Waals surface area contributed by atoms with Gasteiger partial charge in [0.15, 0.2) is 11.5 Å². The van der Waals surface area contributed by atoms with E-state index in [-0.39, 0.29) is 0 Å². The minimum absolute atomic E-state index is 0.729. The molecule has 0 heterocycles. The molecule has 0 aromatic heterocycles. The summed E-state index contributed by atoms with van der Waals surface area (Å²) < 4.78 is 16.3. The van der Waals surface area contributed by atoms with E-state index in [2.05, 4.69) is 6.07 Å². The Balaban J connectivity index is 2.28. The first-order chi connectivity index (χ1) is 10.8. The summed E-state index contributed by atoms with van der Waals surface area (Å²) in [5, 5.41) is 2.17. The third-order valence-electron chi connectivity index (χ3n) is 3.79. The fraction of sp³-hybridized carbons (Fsp3) is 0.158. The Bertz CT molecular complexity index is 792. The normalized spacial score (nSPS) is 10.5. The highest BCUT2D eigenvalue weighted by atomic mass is 16.5. The minimum Gasteiger partial charge on any atom is -0.497 e. The van der Waals surface area contributed by atoms with E-state index in [0.29, 0.717) is 0 Å². The number of fused-ring (bicyclic) bond motifs is 1. The van der Waals surface area contributed by atoms with Crippen molar-refractivity contribution in [2.45, 2.75) is 0 Å². The fourth-order valence-corrected chi connectivity index (χ4v) is 2.69. The summed E-state index contributed by atoms with van der Waals surface area (Å²) in [5.74, 6) is 2.33. The molecule has 0 fully saturated rings. The maximum absolute atomic E-state index is 5.53. The lowest BCUT2D eigenvalue weighted by Gasteiger charge is -2.15. The number of hydrogen-bond acceptors (Lipinski definition) is 3. The van der Waals surface area contributed by atoms with Crippen LogP contribution in [0.25, 0.3) is 21.9 Å². The molecule has 0 amide bonds. The molecule has 0 aliphatic heterocycles. The van der Waals surface area contributed by atoms with Gasteiger partial charge in [-0.05, 0) is 34.7 Å². The van der Waals surface area contributed by atoms with Crippen molar-refractivity contribution in [2.24, 2.45) is 0 Å². The molecule has 0 spiro atoms. The van der Waals surface area contributed by atoms with E-state index >= 15 is 0 Å². The van der Waals surface area contributed by atoms with Crippen molar-refractivity contribution < 1.29 is 14.2 Å². The predicted molar refractivity (Wildman–Crippen MR) is 89.0 cm³/mol. The first-order valence-electron chi connectivity index (χ1n) is 7.06. The average molecular weight is 294 g/mol. The van der Waals surface area contributed by atoms with E-state index in [4.69, 9.17) is 14.2 Å². The van der Waals surface area contributed by atoms with Gasteiger partial charge in [-0.15, -0.1) is 0 Å².